The third-order valence-electron chi connectivity index (χ3n) is 4.21. The topological polar surface area (TPSA) is 61.4 Å². The number of rotatable bonds is 10. The molecule has 26 heavy (non-hydrogen) atoms. The van der Waals surface area contributed by atoms with Gasteiger partial charge < -0.3 is 15.7 Å². The highest BCUT2D eigenvalue weighted by atomic mass is 19.1. The van der Waals surface area contributed by atoms with E-state index in [1.165, 1.54) is 17.7 Å². The number of aryl methyl sites for hydroxylation is 1. The van der Waals surface area contributed by atoms with Gasteiger partial charge in [-0.25, -0.2) is 8.78 Å². The highest BCUT2D eigenvalue weighted by Gasteiger charge is 2.19. The van der Waals surface area contributed by atoms with Crippen LogP contribution in [-0.4, -0.2) is 30.2 Å². The Morgan fingerprint density at radius 3 is 2.42 bits per heavy atom. The highest BCUT2D eigenvalue weighted by Crippen LogP contribution is 2.12. The summed E-state index contributed by atoms with van der Waals surface area (Å²) in [5, 5.41) is 16.0. The van der Waals surface area contributed by atoms with Gasteiger partial charge in [0.25, 0.3) is 0 Å². The highest BCUT2D eigenvalue weighted by molar-refractivity contribution is 5.47. The number of carbonyl (C=O) groups excluding carboxylic acids is 1. The molecule has 0 aliphatic rings. The van der Waals surface area contributed by atoms with E-state index in [0.717, 1.165) is 18.1 Å². The van der Waals surface area contributed by atoms with E-state index in [0.29, 0.717) is 18.5 Å². The van der Waals surface area contributed by atoms with Crippen molar-refractivity contribution in [3.05, 3.63) is 70.8 Å². The fourth-order valence-electron chi connectivity index (χ4n) is 2.84. The minimum Gasteiger partial charge on any atom is -0.390 e. The fraction of sp³-hybridized carbons (Fsp3) is 0.350. The molecule has 2 rings (SSSR count). The van der Waals surface area contributed by atoms with Gasteiger partial charge in [-0.3, -0.25) is 4.79 Å². The predicted molar refractivity (Wildman–Crippen MR) is 96.6 cm³/mol. The van der Waals surface area contributed by atoms with Gasteiger partial charge in [-0.05, 0) is 41.7 Å². The average Bonchev–Trinajstić information content (AvgIpc) is 2.60. The van der Waals surface area contributed by atoms with E-state index in [1.807, 2.05) is 12.1 Å². The summed E-state index contributed by atoms with van der Waals surface area (Å²) in [6.07, 6.45) is 0.655. The number of halogens is 2. The van der Waals surface area contributed by atoms with E-state index >= 15 is 0 Å². The summed E-state index contributed by atoms with van der Waals surface area (Å²) < 4.78 is 26.6. The minimum absolute atomic E-state index is 0.127. The molecule has 0 saturated carbocycles. The normalized spacial score (nSPS) is 13.2. The summed E-state index contributed by atoms with van der Waals surface area (Å²) in [4.78, 5) is 10.8. The molecule has 1 amide bonds. The molecule has 2 atom stereocenters. The van der Waals surface area contributed by atoms with Crippen LogP contribution in [0.5, 0.6) is 0 Å². The second-order valence-electron chi connectivity index (χ2n) is 6.24. The first-order valence-electron chi connectivity index (χ1n) is 8.63. The minimum atomic E-state index is -0.902. The van der Waals surface area contributed by atoms with Gasteiger partial charge in [0.15, 0.2) is 0 Å². The van der Waals surface area contributed by atoms with Crippen LogP contribution in [0.2, 0.25) is 0 Å². The monoisotopic (exact) mass is 362 g/mol. The quantitative estimate of drug-likeness (QED) is 0.569. The summed E-state index contributed by atoms with van der Waals surface area (Å²) >= 11 is 0. The first kappa shape index (κ1) is 20.0. The van der Waals surface area contributed by atoms with Gasteiger partial charge >= 0.3 is 0 Å². The van der Waals surface area contributed by atoms with E-state index in [-0.39, 0.29) is 13.0 Å². The Kier molecular flexibility index (Phi) is 7.69. The number of aliphatic hydroxyl groups is 1. The lowest BCUT2D eigenvalue weighted by Crippen LogP contribution is -2.45. The van der Waals surface area contributed by atoms with Crippen molar-refractivity contribution in [2.24, 2.45) is 0 Å². The maximum atomic E-state index is 13.3. The van der Waals surface area contributed by atoms with E-state index in [9.17, 15) is 18.7 Å². The van der Waals surface area contributed by atoms with E-state index < -0.39 is 23.8 Å². The van der Waals surface area contributed by atoms with Crippen LogP contribution in [0.1, 0.15) is 23.6 Å². The summed E-state index contributed by atoms with van der Waals surface area (Å²) in [7, 11) is 0. The van der Waals surface area contributed by atoms with Gasteiger partial charge in [-0.2, -0.15) is 0 Å². The Morgan fingerprint density at radius 2 is 1.77 bits per heavy atom. The molecule has 140 valence electrons. The lowest BCUT2D eigenvalue weighted by atomic mass is 10.0. The molecule has 0 fully saturated rings. The van der Waals surface area contributed by atoms with E-state index in [1.54, 1.807) is 0 Å². The first-order valence-corrected chi connectivity index (χ1v) is 8.63. The zero-order valence-corrected chi connectivity index (χ0v) is 14.7. The molecular weight excluding hydrogens is 338 g/mol. The number of benzene rings is 2. The molecule has 2 aromatic rings. The smallest absolute Gasteiger partial charge is 0.207 e. The number of amides is 1. The van der Waals surface area contributed by atoms with Crippen molar-refractivity contribution in [1.82, 2.24) is 10.6 Å². The Bertz CT molecular complexity index is 704. The van der Waals surface area contributed by atoms with Gasteiger partial charge in [0, 0.05) is 19.2 Å². The van der Waals surface area contributed by atoms with Crippen LogP contribution in [0, 0.1) is 11.6 Å². The molecule has 0 aromatic heterocycles. The standard InChI is InChI=1S/C20H24F2N2O2/c1-2-14-4-3-5-15(6-14)11-23-12-20(26)19(24-13-25)9-16-7-17(21)10-18(22)8-16/h3-8,10,13,19-20,23,26H,2,9,11-12H2,1H3,(H,24,25)/t19-,20+/m1/s1. The Morgan fingerprint density at radius 1 is 1.08 bits per heavy atom. The van der Waals surface area contributed by atoms with Crippen LogP contribution in [0.25, 0.3) is 0 Å². The summed E-state index contributed by atoms with van der Waals surface area (Å²) in [6.45, 7) is 2.90. The van der Waals surface area contributed by atoms with Crippen LogP contribution >= 0.6 is 0 Å². The molecule has 4 nitrogen and oxygen atoms in total. The molecule has 0 unspecified atom stereocenters. The van der Waals surface area contributed by atoms with Crippen LogP contribution in [-0.2, 0) is 24.2 Å². The molecule has 0 spiro atoms. The third-order valence-corrected chi connectivity index (χ3v) is 4.21. The maximum Gasteiger partial charge on any atom is 0.207 e. The second-order valence-corrected chi connectivity index (χ2v) is 6.24. The van der Waals surface area contributed by atoms with Crippen molar-refractivity contribution in [1.29, 1.82) is 0 Å². The molecule has 0 heterocycles. The van der Waals surface area contributed by atoms with Crippen molar-refractivity contribution in [2.45, 2.75) is 38.5 Å². The molecule has 0 aliphatic carbocycles. The van der Waals surface area contributed by atoms with E-state index in [4.69, 9.17) is 0 Å². The van der Waals surface area contributed by atoms with Gasteiger partial charge in [0.2, 0.25) is 6.41 Å². The van der Waals surface area contributed by atoms with Gasteiger partial charge in [0.05, 0.1) is 12.1 Å². The molecule has 0 aliphatic heterocycles. The molecule has 0 saturated heterocycles. The number of nitrogens with one attached hydrogen (secondary N) is 2. The lowest BCUT2D eigenvalue weighted by molar-refractivity contribution is -0.110. The first-order chi connectivity index (χ1) is 12.5. The van der Waals surface area contributed by atoms with Crippen LogP contribution in [0.3, 0.4) is 0 Å². The van der Waals surface area contributed by atoms with Crippen LogP contribution in [0.4, 0.5) is 8.78 Å². The summed E-state index contributed by atoms with van der Waals surface area (Å²) in [5.41, 5.74) is 2.71. The summed E-state index contributed by atoms with van der Waals surface area (Å²) in [6, 6.07) is 10.7. The Labute approximate surface area is 152 Å². The zero-order valence-electron chi connectivity index (χ0n) is 14.7. The second kappa shape index (κ2) is 9.99. The molecule has 3 N–H and O–H groups in total. The van der Waals surface area contributed by atoms with Gasteiger partial charge in [-0.1, -0.05) is 31.2 Å². The molecule has 0 radical (unpaired) electrons. The number of hydrogen-bond acceptors (Lipinski definition) is 3. The number of carbonyl (C=O) groups is 1. The number of aliphatic hydroxyl groups excluding tert-OH is 1. The molecule has 6 heteroatoms. The van der Waals surface area contributed by atoms with Crippen molar-refractivity contribution in [3.63, 3.8) is 0 Å². The van der Waals surface area contributed by atoms with Crippen LogP contribution < -0.4 is 10.6 Å². The molecule has 2 aromatic carbocycles. The maximum absolute atomic E-state index is 13.3. The van der Waals surface area contributed by atoms with Crippen molar-refractivity contribution >= 4 is 6.41 Å². The molecular formula is C20H24F2N2O2. The Balaban J connectivity index is 1.92. The predicted octanol–water partition coefficient (Wildman–Crippen LogP) is 2.34. The van der Waals surface area contributed by atoms with Crippen molar-refractivity contribution < 1.29 is 18.7 Å². The van der Waals surface area contributed by atoms with Crippen LogP contribution in [0.15, 0.2) is 42.5 Å². The largest absolute Gasteiger partial charge is 0.390 e. The van der Waals surface area contributed by atoms with Gasteiger partial charge in [-0.15, -0.1) is 0 Å². The van der Waals surface area contributed by atoms with Crippen molar-refractivity contribution in [2.75, 3.05) is 6.54 Å². The zero-order chi connectivity index (χ0) is 18.9. The van der Waals surface area contributed by atoms with Crippen molar-refractivity contribution in [3.8, 4) is 0 Å². The summed E-state index contributed by atoms with van der Waals surface area (Å²) in [5.74, 6) is -1.37. The van der Waals surface area contributed by atoms with Gasteiger partial charge in [0.1, 0.15) is 11.6 Å². The fourth-order valence-corrected chi connectivity index (χ4v) is 2.84. The van der Waals surface area contributed by atoms with E-state index in [2.05, 4.69) is 29.7 Å². The Hall–Kier alpha value is -2.31. The average molecular weight is 362 g/mol. The third kappa shape index (κ3) is 6.20. The molecule has 0 bridgehead atoms. The lowest BCUT2D eigenvalue weighted by Gasteiger charge is -2.23. The SMILES string of the molecule is CCc1cccc(CNC[C@H](O)[C@@H](Cc2cc(F)cc(F)c2)NC=O)c1. The number of hydrogen-bond donors (Lipinski definition) is 3.